The van der Waals surface area contributed by atoms with Crippen molar-refractivity contribution in [2.75, 3.05) is 31.2 Å². The highest BCUT2D eigenvalue weighted by atomic mass is 35.5. The van der Waals surface area contributed by atoms with Crippen LogP contribution in [0.15, 0.2) is 35.3 Å². The number of halogens is 2. The van der Waals surface area contributed by atoms with Crippen molar-refractivity contribution in [1.29, 1.82) is 0 Å². The lowest BCUT2D eigenvalue weighted by Gasteiger charge is -2.28. The third-order valence-electron chi connectivity index (χ3n) is 4.37. The molecule has 3 aromatic rings. The van der Waals surface area contributed by atoms with Crippen LogP contribution in [0.4, 0.5) is 10.2 Å². The highest BCUT2D eigenvalue weighted by Crippen LogP contribution is 2.32. The first-order chi connectivity index (χ1) is 13.9. The van der Waals surface area contributed by atoms with Gasteiger partial charge in [-0.3, -0.25) is 4.79 Å². The van der Waals surface area contributed by atoms with Crippen molar-refractivity contribution in [3.8, 4) is 23.0 Å². The number of phenols is 1. The number of ether oxygens (including phenoxy) is 1. The lowest BCUT2D eigenvalue weighted by Crippen LogP contribution is -2.37. The SMILES string of the molecule is [B]c1cc(Cl)c(O)c(-c2ccc(=O)n(-c3ncc(F)c(N4CCOCC4)n3)n2)c1. The van der Waals surface area contributed by atoms with Gasteiger partial charge in [-0.2, -0.15) is 14.8 Å². The number of anilines is 1. The summed E-state index contributed by atoms with van der Waals surface area (Å²) in [5.41, 5.74) is 0.245. The molecule has 0 bridgehead atoms. The van der Waals surface area contributed by atoms with E-state index in [1.807, 2.05) is 0 Å². The second-order valence-electron chi connectivity index (χ2n) is 6.31. The zero-order valence-corrected chi connectivity index (χ0v) is 15.8. The minimum atomic E-state index is -0.611. The Hall–Kier alpha value is -2.98. The molecular weight excluding hydrogens is 399 g/mol. The summed E-state index contributed by atoms with van der Waals surface area (Å²) in [5, 5.41) is 14.5. The summed E-state index contributed by atoms with van der Waals surface area (Å²) in [6, 6.07) is 5.52. The zero-order chi connectivity index (χ0) is 20.5. The Bertz CT molecular complexity index is 1140. The topological polar surface area (TPSA) is 93.4 Å². The number of aromatic nitrogens is 4. The fourth-order valence-electron chi connectivity index (χ4n) is 2.96. The summed E-state index contributed by atoms with van der Waals surface area (Å²) in [5.74, 6) is -0.880. The summed E-state index contributed by atoms with van der Waals surface area (Å²) >= 11 is 5.97. The van der Waals surface area contributed by atoms with Crippen molar-refractivity contribution in [1.82, 2.24) is 19.7 Å². The molecule has 1 aromatic carbocycles. The summed E-state index contributed by atoms with van der Waals surface area (Å²) in [6.07, 6.45) is 0.989. The molecule has 2 aromatic heterocycles. The van der Waals surface area contributed by atoms with Crippen LogP contribution in [0.1, 0.15) is 0 Å². The predicted molar refractivity (Wildman–Crippen MR) is 106 cm³/mol. The van der Waals surface area contributed by atoms with Gasteiger partial charge < -0.3 is 14.7 Å². The Balaban J connectivity index is 1.80. The van der Waals surface area contributed by atoms with E-state index in [2.05, 4.69) is 15.1 Å². The molecule has 0 saturated carbocycles. The van der Waals surface area contributed by atoms with Gasteiger partial charge in [-0.25, -0.2) is 9.37 Å². The number of rotatable bonds is 3. The number of morpholine rings is 1. The molecule has 4 rings (SSSR count). The molecular formula is C18H14BClFN5O3. The predicted octanol–water partition coefficient (Wildman–Crippen LogP) is 0.818. The largest absolute Gasteiger partial charge is 0.506 e. The van der Waals surface area contributed by atoms with Gasteiger partial charge in [0.15, 0.2) is 11.6 Å². The molecule has 29 heavy (non-hydrogen) atoms. The highest BCUT2D eigenvalue weighted by Gasteiger charge is 2.20. The Morgan fingerprint density at radius 2 is 2.00 bits per heavy atom. The first-order valence-corrected chi connectivity index (χ1v) is 9.06. The standard InChI is InChI=1S/C18H14BClFN5O3/c19-10-7-11(16(28)12(20)8-10)14-1-2-15(27)26(24-14)18-22-9-13(21)17(23-18)25-3-5-29-6-4-25/h1-2,7-9,28H,3-6H2. The van der Waals surface area contributed by atoms with E-state index in [9.17, 15) is 14.3 Å². The maximum atomic E-state index is 14.3. The van der Waals surface area contributed by atoms with Gasteiger partial charge in [0.1, 0.15) is 13.6 Å². The molecule has 0 amide bonds. The lowest BCUT2D eigenvalue weighted by molar-refractivity contribution is 0.122. The molecule has 2 radical (unpaired) electrons. The number of benzene rings is 1. The minimum absolute atomic E-state index is 0.0483. The molecule has 1 aliphatic rings. The summed E-state index contributed by atoms with van der Waals surface area (Å²) in [4.78, 5) is 22.2. The Morgan fingerprint density at radius 1 is 1.24 bits per heavy atom. The Morgan fingerprint density at radius 3 is 2.76 bits per heavy atom. The van der Waals surface area contributed by atoms with Gasteiger partial charge in [0, 0.05) is 24.7 Å². The minimum Gasteiger partial charge on any atom is -0.506 e. The van der Waals surface area contributed by atoms with E-state index in [4.69, 9.17) is 24.2 Å². The summed E-state index contributed by atoms with van der Waals surface area (Å²) < 4.78 is 20.5. The van der Waals surface area contributed by atoms with Crippen LogP contribution in [0, 0.1) is 5.82 Å². The fraction of sp³-hybridized carbons (Fsp3) is 0.222. The summed E-state index contributed by atoms with van der Waals surface area (Å²) in [6.45, 7) is 1.82. The molecule has 0 aliphatic carbocycles. The maximum Gasteiger partial charge on any atom is 0.274 e. The Labute approximate surface area is 171 Å². The van der Waals surface area contributed by atoms with E-state index in [1.165, 1.54) is 24.3 Å². The van der Waals surface area contributed by atoms with Crippen LogP contribution in [-0.2, 0) is 4.74 Å². The van der Waals surface area contributed by atoms with Gasteiger partial charge in [0.25, 0.3) is 11.5 Å². The van der Waals surface area contributed by atoms with Crippen LogP contribution >= 0.6 is 11.6 Å². The normalized spacial score (nSPS) is 14.2. The number of hydrogen-bond donors (Lipinski definition) is 1. The molecule has 1 fully saturated rings. The number of aromatic hydroxyl groups is 1. The van der Waals surface area contributed by atoms with E-state index in [-0.39, 0.29) is 33.8 Å². The highest BCUT2D eigenvalue weighted by molar-refractivity contribution is 6.37. The van der Waals surface area contributed by atoms with Crippen LogP contribution in [-0.4, -0.2) is 59.0 Å². The van der Waals surface area contributed by atoms with Crippen LogP contribution in [0.3, 0.4) is 0 Å². The smallest absolute Gasteiger partial charge is 0.274 e. The lowest BCUT2D eigenvalue weighted by atomic mass is 9.93. The molecule has 8 nitrogen and oxygen atoms in total. The molecule has 0 spiro atoms. The third kappa shape index (κ3) is 3.81. The summed E-state index contributed by atoms with van der Waals surface area (Å²) in [7, 11) is 5.79. The van der Waals surface area contributed by atoms with E-state index in [1.54, 1.807) is 4.90 Å². The average Bonchev–Trinajstić information content (AvgIpc) is 2.72. The average molecular weight is 414 g/mol. The molecule has 0 atom stereocenters. The number of nitrogens with zero attached hydrogens (tertiary/aromatic N) is 5. The van der Waals surface area contributed by atoms with Gasteiger partial charge in [-0.15, -0.1) is 0 Å². The molecule has 146 valence electrons. The zero-order valence-electron chi connectivity index (χ0n) is 15.0. The number of phenolic OH excluding ortho intramolecular Hbond substituents is 1. The van der Waals surface area contributed by atoms with Crippen molar-refractivity contribution in [3.05, 3.63) is 51.7 Å². The van der Waals surface area contributed by atoms with Gasteiger partial charge >= 0.3 is 0 Å². The second kappa shape index (κ2) is 7.80. The van der Waals surface area contributed by atoms with Crippen LogP contribution in [0.5, 0.6) is 5.75 Å². The van der Waals surface area contributed by atoms with Gasteiger partial charge in [0.2, 0.25) is 0 Å². The quantitative estimate of drug-likeness (QED) is 0.635. The molecule has 1 aliphatic heterocycles. The molecule has 0 unspecified atom stereocenters. The second-order valence-corrected chi connectivity index (χ2v) is 6.72. The van der Waals surface area contributed by atoms with Crippen molar-refractivity contribution < 1.29 is 14.2 Å². The first-order valence-electron chi connectivity index (χ1n) is 8.68. The van der Waals surface area contributed by atoms with Crippen molar-refractivity contribution in [2.24, 2.45) is 0 Å². The van der Waals surface area contributed by atoms with Gasteiger partial charge in [-0.1, -0.05) is 23.1 Å². The van der Waals surface area contributed by atoms with E-state index < -0.39 is 11.4 Å². The third-order valence-corrected chi connectivity index (χ3v) is 4.66. The van der Waals surface area contributed by atoms with Gasteiger partial charge in [-0.05, 0) is 12.1 Å². The van der Waals surface area contributed by atoms with E-state index >= 15 is 0 Å². The molecule has 1 N–H and O–H groups in total. The van der Waals surface area contributed by atoms with Crippen molar-refractivity contribution >= 4 is 30.7 Å². The van der Waals surface area contributed by atoms with Crippen LogP contribution in [0.25, 0.3) is 17.2 Å². The van der Waals surface area contributed by atoms with Gasteiger partial charge in [0.05, 0.1) is 30.1 Å². The van der Waals surface area contributed by atoms with E-state index in [0.717, 1.165) is 10.9 Å². The number of hydrogen-bond acceptors (Lipinski definition) is 7. The first kappa shape index (κ1) is 19.3. The van der Waals surface area contributed by atoms with E-state index in [0.29, 0.717) is 31.8 Å². The monoisotopic (exact) mass is 413 g/mol. The van der Waals surface area contributed by atoms with Crippen molar-refractivity contribution in [3.63, 3.8) is 0 Å². The van der Waals surface area contributed by atoms with Crippen molar-refractivity contribution in [2.45, 2.75) is 0 Å². The molecule has 3 heterocycles. The fourth-order valence-corrected chi connectivity index (χ4v) is 3.19. The Kier molecular flexibility index (Phi) is 5.21. The van der Waals surface area contributed by atoms with Crippen LogP contribution in [0.2, 0.25) is 5.02 Å². The molecule has 11 heteroatoms. The maximum absolute atomic E-state index is 14.3. The van der Waals surface area contributed by atoms with Crippen LogP contribution < -0.4 is 15.9 Å². The molecule has 1 saturated heterocycles.